The van der Waals surface area contributed by atoms with Crippen LogP contribution in [0, 0.1) is 0 Å². The first kappa shape index (κ1) is 12.5. The Morgan fingerprint density at radius 1 is 0.647 bits per heavy atom. The van der Waals surface area contributed by atoms with Crippen molar-refractivity contribution < 1.29 is 39.5 Å². The van der Waals surface area contributed by atoms with E-state index >= 15 is 0 Å². The van der Waals surface area contributed by atoms with E-state index in [1.54, 1.807) is 0 Å². The molecule has 1 fully saturated rings. The van der Waals surface area contributed by atoms with Gasteiger partial charge in [0.15, 0.2) is 11.7 Å². The fourth-order valence-corrected chi connectivity index (χ4v) is 2.01. The van der Waals surface area contributed by atoms with Crippen molar-refractivity contribution in [2.24, 2.45) is 5.73 Å². The minimum Gasteiger partial charge on any atom is -0.290 e. The van der Waals surface area contributed by atoms with Crippen molar-refractivity contribution >= 4 is 0 Å². The van der Waals surface area contributed by atoms with E-state index in [0.717, 1.165) is 0 Å². The molecule has 1 saturated carbocycles. The van der Waals surface area contributed by atoms with E-state index in [2.05, 4.69) is 5.73 Å². The van der Waals surface area contributed by atoms with Gasteiger partial charge in [-0.05, 0) is 0 Å². The van der Waals surface area contributed by atoms with Crippen molar-refractivity contribution in [3.8, 4) is 0 Å². The number of rotatable bonds is 0. The van der Waals surface area contributed by atoms with Crippen molar-refractivity contribution in [3.63, 3.8) is 0 Å². The Balaban J connectivity index is 2.93. The van der Waals surface area contributed by atoms with Gasteiger partial charge in [0.25, 0.3) is 17.1 Å². The van der Waals surface area contributed by atoms with Gasteiger partial charge in [0, 0.05) is 0 Å². The molecule has 2 rings (SSSR count). The van der Waals surface area contributed by atoms with Crippen LogP contribution in [0.25, 0.3) is 0 Å². The highest BCUT2D eigenvalue weighted by atomic mass is 19.3. The minimum absolute atomic E-state index is 3.29. The van der Waals surface area contributed by atoms with Crippen LogP contribution in [0.1, 0.15) is 0 Å². The van der Waals surface area contributed by atoms with E-state index in [0.29, 0.717) is 0 Å². The van der Waals surface area contributed by atoms with Crippen LogP contribution < -0.4 is 5.73 Å². The van der Waals surface area contributed by atoms with Gasteiger partial charge >= 0.3 is 11.8 Å². The van der Waals surface area contributed by atoms with Gasteiger partial charge in [-0.1, -0.05) is 0 Å². The van der Waals surface area contributed by atoms with Crippen molar-refractivity contribution in [1.82, 2.24) is 0 Å². The molecule has 2 aliphatic rings. The number of halogens is 9. The molecule has 10 heteroatoms. The minimum atomic E-state index is -6.00. The van der Waals surface area contributed by atoms with Crippen LogP contribution >= 0.6 is 0 Å². The SMILES string of the molecule is NC1(F)C(F)(F)C2(F)C(F)=C(F)C1(F)C2(F)F. The van der Waals surface area contributed by atoms with E-state index in [1.165, 1.54) is 0 Å². The summed E-state index contributed by atoms with van der Waals surface area (Å²) in [5.74, 6) is -24.0. The molecule has 0 saturated heterocycles. The Hall–Kier alpha value is -0.930. The predicted molar refractivity (Wildman–Crippen MR) is 34.8 cm³/mol. The van der Waals surface area contributed by atoms with Gasteiger partial charge in [-0.15, -0.1) is 0 Å². The van der Waals surface area contributed by atoms with Crippen molar-refractivity contribution in [3.05, 3.63) is 11.7 Å². The van der Waals surface area contributed by atoms with E-state index in [1.807, 2.05) is 0 Å². The number of hydrogen-bond acceptors (Lipinski definition) is 1. The summed E-state index contributed by atoms with van der Waals surface area (Å²) in [6, 6.07) is 0. The summed E-state index contributed by atoms with van der Waals surface area (Å²) in [6.45, 7) is 0. The average molecular weight is 271 g/mol. The van der Waals surface area contributed by atoms with Gasteiger partial charge in [-0.2, -0.15) is 17.6 Å². The summed E-state index contributed by atoms with van der Waals surface area (Å²) in [6.07, 6.45) is 0. The number of nitrogens with two attached hydrogens (primary N) is 1. The number of allylic oxidation sites excluding steroid dienone is 1. The van der Waals surface area contributed by atoms with Crippen molar-refractivity contribution in [2.45, 2.75) is 29.0 Å². The average Bonchev–Trinajstić information content (AvgIpc) is 2.33. The molecule has 2 N–H and O–H groups in total. The van der Waals surface area contributed by atoms with Crippen molar-refractivity contribution in [2.75, 3.05) is 0 Å². The largest absolute Gasteiger partial charge is 0.344 e. The standard InChI is InChI=1S/C7H2F9N/c8-1-2(9)4(11)5(12,13)3(1,10)6(14,15)7(4,16)17/h17H2. The van der Waals surface area contributed by atoms with Gasteiger partial charge in [-0.25, -0.2) is 22.0 Å². The molecular weight excluding hydrogens is 269 g/mol. The smallest absolute Gasteiger partial charge is 0.290 e. The molecule has 0 radical (unpaired) electrons. The summed E-state index contributed by atoms with van der Waals surface area (Å²) >= 11 is 0. The first-order valence-electron chi connectivity index (χ1n) is 3.99. The number of fused-ring (bicyclic) bond motifs is 2. The molecule has 3 unspecified atom stereocenters. The maximum absolute atomic E-state index is 13.4. The molecule has 0 aromatic heterocycles. The zero-order chi connectivity index (χ0) is 13.7. The van der Waals surface area contributed by atoms with Crippen LogP contribution in [0.5, 0.6) is 0 Å². The molecule has 0 spiro atoms. The third-order valence-electron chi connectivity index (χ3n) is 3.05. The van der Waals surface area contributed by atoms with Gasteiger partial charge in [0.1, 0.15) is 0 Å². The van der Waals surface area contributed by atoms with Crippen LogP contribution in [0.3, 0.4) is 0 Å². The van der Waals surface area contributed by atoms with Crippen LogP contribution in [0.2, 0.25) is 0 Å². The molecule has 1 nitrogen and oxygen atoms in total. The highest BCUT2D eigenvalue weighted by Crippen LogP contribution is 2.75. The molecule has 0 aromatic rings. The third-order valence-corrected chi connectivity index (χ3v) is 3.05. The maximum Gasteiger partial charge on any atom is 0.344 e. The Kier molecular flexibility index (Phi) is 1.79. The molecule has 17 heavy (non-hydrogen) atoms. The summed E-state index contributed by atoms with van der Waals surface area (Å²) in [4.78, 5) is 0. The van der Waals surface area contributed by atoms with Gasteiger partial charge < -0.3 is 0 Å². The second-order valence-corrected chi connectivity index (χ2v) is 3.81. The third kappa shape index (κ3) is 0.713. The molecule has 0 amide bonds. The van der Waals surface area contributed by atoms with Crippen LogP contribution in [0.15, 0.2) is 11.7 Å². The fraction of sp³-hybridized carbons (Fsp3) is 0.714. The zero-order valence-corrected chi connectivity index (χ0v) is 7.48. The first-order valence-corrected chi connectivity index (χ1v) is 3.99. The maximum atomic E-state index is 13.4. The highest BCUT2D eigenvalue weighted by molar-refractivity contribution is 5.53. The Labute approximate surface area is 87.1 Å². The lowest BCUT2D eigenvalue weighted by atomic mass is 9.90. The quantitative estimate of drug-likeness (QED) is 0.531. The summed E-state index contributed by atoms with van der Waals surface area (Å²) in [5.41, 5.74) is -7.42. The van der Waals surface area contributed by atoms with E-state index < -0.39 is 40.6 Å². The summed E-state index contributed by atoms with van der Waals surface area (Å²) in [5, 5.41) is 0. The van der Waals surface area contributed by atoms with E-state index in [-0.39, 0.29) is 0 Å². The predicted octanol–water partition coefficient (Wildman–Crippen LogP) is 2.48. The van der Waals surface area contributed by atoms with Gasteiger partial charge in [0.2, 0.25) is 0 Å². The molecule has 2 bridgehead atoms. The lowest BCUT2D eigenvalue weighted by Gasteiger charge is -2.34. The second kappa shape index (κ2) is 2.43. The monoisotopic (exact) mass is 271 g/mol. The van der Waals surface area contributed by atoms with Crippen molar-refractivity contribution in [1.29, 1.82) is 0 Å². The van der Waals surface area contributed by atoms with Crippen LogP contribution in [-0.2, 0) is 0 Å². The first-order chi connectivity index (χ1) is 7.32. The van der Waals surface area contributed by atoms with Crippen LogP contribution in [-0.4, -0.2) is 29.0 Å². The summed E-state index contributed by atoms with van der Waals surface area (Å²) in [7, 11) is 0. The molecule has 0 aromatic carbocycles. The lowest BCUT2D eigenvalue weighted by Crippen LogP contribution is -2.65. The fourth-order valence-electron chi connectivity index (χ4n) is 2.01. The molecule has 3 atom stereocenters. The lowest BCUT2D eigenvalue weighted by molar-refractivity contribution is -0.215. The molecule has 0 heterocycles. The summed E-state index contributed by atoms with van der Waals surface area (Å²) < 4.78 is 117. The Bertz CT molecular complexity index is 403. The number of hydrogen-bond donors (Lipinski definition) is 1. The molecule has 0 aliphatic heterocycles. The normalized spacial score (nSPS) is 51.2. The Morgan fingerprint density at radius 3 is 1.29 bits per heavy atom. The van der Waals surface area contributed by atoms with Gasteiger partial charge in [-0.3, -0.25) is 5.73 Å². The molecule has 98 valence electrons. The van der Waals surface area contributed by atoms with Crippen LogP contribution in [0.4, 0.5) is 39.5 Å². The van der Waals surface area contributed by atoms with E-state index in [9.17, 15) is 39.5 Å². The topological polar surface area (TPSA) is 26.0 Å². The second-order valence-electron chi connectivity index (χ2n) is 3.81. The zero-order valence-electron chi connectivity index (χ0n) is 7.48. The highest BCUT2D eigenvalue weighted by Gasteiger charge is 3.03. The Morgan fingerprint density at radius 2 is 1.00 bits per heavy atom. The molecule has 2 aliphatic carbocycles. The van der Waals surface area contributed by atoms with Gasteiger partial charge in [0.05, 0.1) is 0 Å². The number of alkyl halides is 7. The molecular formula is C7H2F9N. The van der Waals surface area contributed by atoms with E-state index in [4.69, 9.17) is 0 Å².